The summed E-state index contributed by atoms with van der Waals surface area (Å²) in [6, 6.07) is 8.28. The molecule has 0 saturated heterocycles. The third-order valence-electron chi connectivity index (χ3n) is 2.94. The number of nitrogens with two attached hydrogens (primary N) is 1. The van der Waals surface area contributed by atoms with Gasteiger partial charge in [-0.25, -0.2) is 9.59 Å². The molecule has 0 heterocycles. The summed E-state index contributed by atoms with van der Waals surface area (Å²) < 4.78 is 10.2. The monoisotopic (exact) mass is 338 g/mol. The van der Waals surface area contributed by atoms with Crippen molar-refractivity contribution in [3.05, 3.63) is 35.9 Å². The van der Waals surface area contributed by atoms with Crippen molar-refractivity contribution in [3.8, 4) is 0 Å². The number of carbonyl (C=O) groups is 2. The lowest BCUT2D eigenvalue weighted by atomic mass is 10.2. The number of benzene rings is 1. The van der Waals surface area contributed by atoms with Gasteiger partial charge < -0.3 is 20.5 Å². The quantitative estimate of drug-likeness (QED) is 0.408. The van der Waals surface area contributed by atoms with Gasteiger partial charge in [0.25, 0.3) is 0 Å². The lowest BCUT2D eigenvalue weighted by Crippen LogP contribution is -2.44. The molecule has 0 spiro atoms. The molecule has 0 fully saturated rings. The van der Waals surface area contributed by atoms with Gasteiger partial charge in [0.2, 0.25) is 0 Å². The Kier molecular flexibility index (Phi) is 8.67. The molecule has 23 heavy (non-hydrogen) atoms. The first-order chi connectivity index (χ1) is 11.0. The Bertz CT molecular complexity index is 522. The molecule has 0 radical (unpaired) electrons. The standard InChI is InChI=1S/C16H22N2O4S/c1-2-3-9-21-16(20)18-13(10-14(17)23)15(19)22-11-12-7-5-4-6-8-12/h4-8,13H,2-3,9-11H2,1H3,(H2,17,23)(H,18,20). The Morgan fingerprint density at radius 2 is 1.96 bits per heavy atom. The summed E-state index contributed by atoms with van der Waals surface area (Å²) in [5, 5.41) is 2.44. The molecule has 0 bridgehead atoms. The second-order valence-corrected chi connectivity index (χ2v) is 5.47. The molecule has 1 aromatic carbocycles. The van der Waals surface area contributed by atoms with Crippen molar-refractivity contribution in [1.29, 1.82) is 0 Å². The number of hydrogen-bond donors (Lipinski definition) is 2. The number of hydrogen-bond acceptors (Lipinski definition) is 5. The first kappa shape index (κ1) is 18.9. The van der Waals surface area contributed by atoms with E-state index in [1.165, 1.54) is 0 Å². The smallest absolute Gasteiger partial charge is 0.407 e. The van der Waals surface area contributed by atoms with Crippen LogP contribution in [0.25, 0.3) is 0 Å². The molecule has 0 aromatic heterocycles. The highest BCUT2D eigenvalue weighted by Gasteiger charge is 2.24. The predicted octanol–water partition coefficient (Wildman–Crippen LogP) is 2.30. The molecule has 1 atom stereocenters. The van der Waals surface area contributed by atoms with Crippen LogP contribution in [0.2, 0.25) is 0 Å². The Morgan fingerprint density at radius 3 is 2.57 bits per heavy atom. The van der Waals surface area contributed by atoms with E-state index >= 15 is 0 Å². The van der Waals surface area contributed by atoms with Crippen LogP contribution in [0.5, 0.6) is 0 Å². The summed E-state index contributed by atoms with van der Waals surface area (Å²) in [5.41, 5.74) is 6.31. The van der Waals surface area contributed by atoms with E-state index in [0.29, 0.717) is 6.61 Å². The van der Waals surface area contributed by atoms with Gasteiger partial charge in [0.05, 0.1) is 11.6 Å². The van der Waals surface area contributed by atoms with E-state index in [9.17, 15) is 9.59 Å². The number of carbonyl (C=O) groups excluding carboxylic acids is 2. The molecule has 1 rings (SSSR count). The number of thiocarbonyl (C=S) groups is 1. The largest absolute Gasteiger partial charge is 0.459 e. The third kappa shape index (κ3) is 8.15. The second kappa shape index (κ2) is 10.6. The summed E-state index contributed by atoms with van der Waals surface area (Å²) in [7, 11) is 0. The highest BCUT2D eigenvalue weighted by atomic mass is 32.1. The molecule has 3 N–H and O–H groups in total. The molecular weight excluding hydrogens is 316 g/mol. The zero-order chi connectivity index (χ0) is 17.1. The minimum atomic E-state index is -0.953. The van der Waals surface area contributed by atoms with Gasteiger partial charge >= 0.3 is 12.1 Å². The zero-order valence-electron chi connectivity index (χ0n) is 13.1. The maximum absolute atomic E-state index is 12.1. The van der Waals surface area contributed by atoms with Crippen molar-refractivity contribution in [1.82, 2.24) is 5.32 Å². The van der Waals surface area contributed by atoms with E-state index in [-0.39, 0.29) is 18.0 Å². The van der Waals surface area contributed by atoms with Crippen molar-refractivity contribution in [3.63, 3.8) is 0 Å². The van der Waals surface area contributed by atoms with Gasteiger partial charge in [0.1, 0.15) is 12.6 Å². The van der Waals surface area contributed by atoms with Crippen LogP contribution in [0.3, 0.4) is 0 Å². The SMILES string of the molecule is CCCCOC(=O)NC(CC(N)=S)C(=O)OCc1ccccc1. The Hall–Kier alpha value is -2.15. The first-order valence-corrected chi connectivity index (χ1v) is 7.86. The Labute approximate surface area is 141 Å². The van der Waals surface area contributed by atoms with Crippen LogP contribution < -0.4 is 11.1 Å². The summed E-state index contributed by atoms with van der Waals surface area (Å²) in [4.78, 5) is 23.9. The minimum absolute atomic E-state index is 0.0197. The molecule has 1 amide bonds. The van der Waals surface area contributed by atoms with Gasteiger partial charge in [0.15, 0.2) is 0 Å². The lowest BCUT2D eigenvalue weighted by Gasteiger charge is -2.17. The van der Waals surface area contributed by atoms with E-state index in [0.717, 1.165) is 18.4 Å². The van der Waals surface area contributed by atoms with Crippen LogP contribution in [0.1, 0.15) is 31.7 Å². The van der Waals surface area contributed by atoms with E-state index in [2.05, 4.69) is 5.32 Å². The van der Waals surface area contributed by atoms with E-state index in [1.807, 2.05) is 37.3 Å². The maximum Gasteiger partial charge on any atom is 0.407 e. The van der Waals surface area contributed by atoms with Crippen LogP contribution in [-0.2, 0) is 20.9 Å². The van der Waals surface area contributed by atoms with Crippen molar-refractivity contribution in [2.45, 2.75) is 38.8 Å². The van der Waals surface area contributed by atoms with Crippen molar-refractivity contribution in [2.24, 2.45) is 5.73 Å². The van der Waals surface area contributed by atoms with Gasteiger partial charge in [-0.15, -0.1) is 0 Å². The lowest BCUT2D eigenvalue weighted by molar-refractivity contribution is -0.147. The maximum atomic E-state index is 12.1. The van der Waals surface area contributed by atoms with Crippen LogP contribution in [0.4, 0.5) is 4.79 Å². The molecule has 6 nitrogen and oxygen atoms in total. The Morgan fingerprint density at radius 1 is 1.26 bits per heavy atom. The van der Waals surface area contributed by atoms with Crippen LogP contribution >= 0.6 is 12.2 Å². The molecule has 0 aliphatic heterocycles. The summed E-state index contributed by atoms with van der Waals surface area (Å²) in [6.07, 6.45) is 0.997. The number of amides is 1. The predicted molar refractivity (Wildman–Crippen MR) is 90.8 cm³/mol. The third-order valence-corrected chi connectivity index (χ3v) is 3.10. The molecule has 0 saturated carbocycles. The highest BCUT2D eigenvalue weighted by molar-refractivity contribution is 7.80. The second-order valence-electron chi connectivity index (χ2n) is 4.95. The highest BCUT2D eigenvalue weighted by Crippen LogP contribution is 2.04. The Balaban J connectivity index is 2.52. The fourth-order valence-electron chi connectivity index (χ4n) is 1.72. The molecule has 1 unspecified atom stereocenters. The number of rotatable bonds is 9. The molecule has 7 heteroatoms. The van der Waals surface area contributed by atoms with Crippen LogP contribution in [0.15, 0.2) is 30.3 Å². The molecule has 126 valence electrons. The van der Waals surface area contributed by atoms with Crippen molar-refractivity contribution >= 4 is 29.3 Å². The fraction of sp³-hybridized carbons (Fsp3) is 0.438. The summed E-state index contributed by atoms with van der Waals surface area (Å²) >= 11 is 4.81. The number of ether oxygens (including phenoxy) is 2. The number of unbranched alkanes of at least 4 members (excludes halogenated alkanes) is 1. The summed E-state index contributed by atoms with van der Waals surface area (Å²) in [5.74, 6) is -0.603. The van der Waals surface area contributed by atoms with E-state index < -0.39 is 18.1 Å². The van der Waals surface area contributed by atoms with Crippen LogP contribution in [0, 0.1) is 0 Å². The first-order valence-electron chi connectivity index (χ1n) is 7.45. The minimum Gasteiger partial charge on any atom is -0.459 e. The van der Waals surface area contributed by atoms with Crippen LogP contribution in [-0.4, -0.2) is 29.7 Å². The molecule has 0 aliphatic carbocycles. The van der Waals surface area contributed by atoms with Gasteiger partial charge in [0, 0.05) is 6.42 Å². The van der Waals surface area contributed by atoms with Gasteiger partial charge in [-0.2, -0.15) is 0 Å². The number of esters is 1. The topological polar surface area (TPSA) is 90.6 Å². The molecular formula is C16H22N2O4S. The van der Waals surface area contributed by atoms with Gasteiger partial charge in [-0.3, -0.25) is 0 Å². The van der Waals surface area contributed by atoms with Gasteiger partial charge in [-0.05, 0) is 12.0 Å². The average Bonchev–Trinajstić information content (AvgIpc) is 2.53. The average molecular weight is 338 g/mol. The zero-order valence-corrected chi connectivity index (χ0v) is 13.9. The van der Waals surface area contributed by atoms with E-state index in [1.54, 1.807) is 0 Å². The fourth-order valence-corrected chi connectivity index (χ4v) is 1.88. The summed E-state index contributed by atoms with van der Waals surface area (Å²) in [6.45, 7) is 2.39. The molecule has 0 aliphatic rings. The number of alkyl carbamates (subject to hydrolysis) is 1. The van der Waals surface area contributed by atoms with Crippen molar-refractivity contribution < 1.29 is 19.1 Å². The number of nitrogens with one attached hydrogen (secondary N) is 1. The van der Waals surface area contributed by atoms with Crippen molar-refractivity contribution in [2.75, 3.05) is 6.61 Å². The normalized spacial score (nSPS) is 11.3. The van der Waals surface area contributed by atoms with Gasteiger partial charge in [-0.1, -0.05) is 55.9 Å². The van der Waals surface area contributed by atoms with E-state index in [4.69, 9.17) is 27.4 Å². The molecule has 1 aromatic rings.